The predicted molar refractivity (Wildman–Crippen MR) is 63.2 cm³/mol. The third-order valence-electron chi connectivity index (χ3n) is 0.994. The minimum absolute atomic E-state index is 0. The molecule has 1 rings (SSSR count). The van der Waals surface area contributed by atoms with Gasteiger partial charge in [-0.25, -0.2) is 4.98 Å². The van der Waals surface area contributed by atoms with Crippen LogP contribution in [0.2, 0.25) is 0 Å². The molecule has 70 valence electrons. The Hall–Kier alpha value is -0.560. The lowest BCUT2D eigenvalue weighted by molar-refractivity contribution is 1.28. The zero-order valence-electron chi connectivity index (χ0n) is 7.24. The van der Waals surface area contributed by atoms with Gasteiger partial charge < -0.3 is 11.2 Å². The van der Waals surface area contributed by atoms with Crippen molar-refractivity contribution in [3.05, 3.63) is 18.3 Å². The molecule has 12 heavy (non-hydrogen) atoms. The van der Waals surface area contributed by atoms with Crippen molar-refractivity contribution in [3.63, 3.8) is 0 Å². The van der Waals surface area contributed by atoms with Crippen LogP contribution in [0.4, 0.5) is 11.5 Å². The van der Waals surface area contributed by atoms with Crippen molar-refractivity contribution in [3.8, 4) is 0 Å². The summed E-state index contributed by atoms with van der Waals surface area (Å²) in [6.07, 6.45) is 1.61. The van der Waals surface area contributed by atoms with Crippen molar-refractivity contribution >= 4 is 35.5 Å². The number of hydrazine groups is 1. The molecular weight excluding hydrogens is 267 g/mol. The van der Waals surface area contributed by atoms with Crippen LogP contribution >= 0.6 is 24.0 Å². The second kappa shape index (κ2) is 8.54. The van der Waals surface area contributed by atoms with E-state index in [-0.39, 0.29) is 24.0 Å². The van der Waals surface area contributed by atoms with Crippen LogP contribution in [0.15, 0.2) is 18.3 Å². The van der Waals surface area contributed by atoms with Crippen molar-refractivity contribution in [2.75, 3.05) is 11.2 Å². The molecule has 4 nitrogen and oxygen atoms in total. The fourth-order valence-electron chi connectivity index (χ4n) is 0.540. The van der Waals surface area contributed by atoms with Gasteiger partial charge in [0.2, 0.25) is 0 Å². The number of hydrogen-bond acceptors (Lipinski definition) is 4. The van der Waals surface area contributed by atoms with E-state index >= 15 is 0 Å². The Morgan fingerprint density at radius 1 is 1.42 bits per heavy atom. The van der Waals surface area contributed by atoms with E-state index in [2.05, 4.69) is 10.4 Å². The number of nitrogens with one attached hydrogen (secondary N) is 1. The number of nitrogen functional groups attached to an aromatic ring is 2. The molecule has 0 aliphatic rings. The number of aromatic nitrogens is 1. The largest absolute Gasteiger partial charge is 0.382 e. The smallest absolute Gasteiger partial charge is 0.148 e. The Kier molecular flexibility index (Phi) is 9.95. The van der Waals surface area contributed by atoms with Crippen LogP contribution < -0.4 is 17.0 Å². The summed E-state index contributed by atoms with van der Waals surface area (Å²) in [5.41, 5.74) is 8.44. The fourth-order valence-corrected chi connectivity index (χ4v) is 0.540. The molecule has 5 N–H and O–H groups in total. The maximum absolute atomic E-state index is 5.38. The third-order valence-corrected chi connectivity index (χ3v) is 0.994. The van der Waals surface area contributed by atoms with Crippen LogP contribution in [0.1, 0.15) is 13.8 Å². The normalized spacial score (nSPS) is 7.25. The number of pyridine rings is 1. The maximum atomic E-state index is 5.38. The number of halogens is 1. The van der Waals surface area contributed by atoms with E-state index in [4.69, 9.17) is 11.6 Å². The van der Waals surface area contributed by atoms with E-state index in [1.165, 1.54) is 0 Å². The summed E-state index contributed by atoms with van der Waals surface area (Å²) in [6, 6.07) is 3.51. The summed E-state index contributed by atoms with van der Waals surface area (Å²) in [7, 11) is 0. The van der Waals surface area contributed by atoms with Gasteiger partial charge in [0.15, 0.2) is 0 Å². The number of anilines is 2. The highest BCUT2D eigenvalue weighted by Crippen LogP contribution is 2.10. The number of hydrogen-bond donors (Lipinski definition) is 3. The van der Waals surface area contributed by atoms with Crippen LogP contribution in [0.25, 0.3) is 0 Å². The first-order valence-corrected chi connectivity index (χ1v) is 3.51. The first-order valence-electron chi connectivity index (χ1n) is 3.51. The van der Waals surface area contributed by atoms with Gasteiger partial charge in [0, 0.05) is 6.20 Å². The summed E-state index contributed by atoms with van der Waals surface area (Å²) in [6.45, 7) is 4.00. The molecule has 5 heteroatoms. The molecule has 0 saturated carbocycles. The van der Waals surface area contributed by atoms with Gasteiger partial charge in [0.25, 0.3) is 0 Å². The number of nitrogens with zero attached hydrogens (tertiary/aromatic N) is 1. The van der Waals surface area contributed by atoms with Gasteiger partial charge in [-0.05, 0) is 12.1 Å². The second-order valence-electron chi connectivity index (χ2n) is 1.58. The first kappa shape index (κ1) is 14.0. The number of rotatable bonds is 1. The molecule has 0 radical (unpaired) electrons. The lowest BCUT2D eigenvalue weighted by Gasteiger charge is -1.99. The van der Waals surface area contributed by atoms with Gasteiger partial charge in [0.1, 0.15) is 5.82 Å². The van der Waals surface area contributed by atoms with Crippen LogP contribution in [-0.4, -0.2) is 4.98 Å². The molecule has 0 amide bonds. The summed E-state index contributed by atoms with van der Waals surface area (Å²) < 4.78 is 0. The van der Waals surface area contributed by atoms with E-state index in [1.54, 1.807) is 18.3 Å². The molecule has 0 spiro atoms. The fraction of sp³-hybridized carbons (Fsp3) is 0.286. The number of nitrogens with two attached hydrogens (primary N) is 2. The Balaban J connectivity index is 0. The minimum Gasteiger partial charge on any atom is -0.382 e. The topological polar surface area (TPSA) is 77.0 Å². The zero-order chi connectivity index (χ0) is 8.69. The van der Waals surface area contributed by atoms with Crippen molar-refractivity contribution in [2.45, 2.75) is 13.8 Å². The van der Waals surface area contributed by atoms with Crippen molar-refractivity contribution in [2.24, 2.45) is 5.84 Å². The van der Waals surface area contributed by atoms with Crippen LogP contribution in [-0.2, 0) is 0 Å². The molecule has 0 fully saturated rings. The van der Waals surface area contributed by atoms with Crippen molar-refractivity contribution in [1.82, 2.24) is 4.98 Å². The highest BCUT2D eigenvalue weighted by molar-refractivity contribution is 14.0. The summed E-state index contributed by atoms with van der Waals surface area (Å²) in [5, 5.41) is 0. The molecule has 1 aromatic rings. The molecule has 1 heterocycles. The van der Waals surface area contributed by atoms with E-state index in [0.29, 0.717) is 11.5 Å². The van der Waals surface area contributed by atoms with E-state index < -0.39 is 0 Å². The SMILES string of the molecule is CC.I.NNc1cccnc1N. The van der Waals surface area contributed by atoms with Crippen molar-refractivity contribution in [1.29, 1.82) is 0 Å². The predicted octanol–water partition coefficient (Wildman–Crippen LogP) is 1.59. The molecule has 0 saturated heterocycles. The summed E-state index contributed by atoms with van der Waals surface area (Å²) in [4.78, 5) is 3.79. The molecule has 1 aromatic heterocycles. The quantitative estimate of drug-likeness (QED) is 0.415. The van der Waals surface area contributed by atoms with E-state index in [9.17, 15) is 0 Å². The molecule has 0 aliphatic carbocycles. The summed E-state index contributed by atoms with van der Waals surface area (Å²) in [5.74, 6) is 5.50. The van der Waals surface area contributed by atoms with Crippen LogP contribution in [0.5, 0.6) is 0 Å². The molecule has 0 bridgehead atoms. The maximum Gasteiger partial charge on any atom is 0.148 e. The Morgan fingerprint density at radius 2 is 2.00 bits per heavy atom. The van der Waals surface area contributed by atoms with Gasteiger partial charge >= 0.3 is 0 Å². The van der Waals surface area contributed by atoms with Gasteiger partial charge in [-0.3, -0.25) is 5.84 Å². The van der Waals surface area contributed by atoms with E-state index in [0.717, 1.165) is 0 Å². The standard InChI is InChI=1S/C5H8N4.C2H6.HI/c6-5-4(9-7)2-1-3-8-5;1-2;/h1-3,9H,7H2,(H2,6,8);1-2H3;1H. The highest BCUT2D eigenvalue weighted by Gasteiger charge is 1.91. The monoisotopic (exact) mass is 282 g/mol. The lowest BCUT2D eigenvalue weighted by Crippen LogP contribution is -2.09. The molecule has 0 aromatic carbocycles. The minimum atomic E-state index is 0. The molecular formula is C7H15IN4. The Bertz CT molecular complexity index is 204. The van der Waals surface area contributed by atoms with Gasteiger partial charge in [0.05, 0.1) is 5.69 Å². The summed E-state index contributed by atoms with van der Waals surface area (Å²) >= 11 is 0. The van der Waals surface area contributed by atoms with E-state index in [1.807, 2.05) is 13.8 Å². The lowest BCUT2D eigenvalue weighted by atomic mass is 10.4. The average Bonchev–Trinajstić information content (AvgIpc) is 2.09. The Morgan fingerprint density at radius 3 is 2.33 bits per heavy atom. The van der Waals surface area contributed by atoms with Crippen molar-refractivity contribution < 1.29 is 0 Å². The third kappa shape index (κ3) is 4.35. The average molecular weight is 282 g/mol. The molecule has 0 atom stereocenters. The Labute approximate surface area is 89.7 Å². The zero-order valence-corrected chi connectivity index (χ0v) is 9.57. The second-order valence-corrected chi connectivity index (χ2v) is 1.58. The van der Waals surface area contributed by atoms with Crippen LogP contribution in [0.3, 0.4) is 0 Å². The van der Waals surface area contributed by atoms with Gasteiger partial charge in [-0.15, -0.1) is 24.0 Å². The van der Waals surface area contributed by atoms with Crippen LogP contribution in [0, 0.1) is 0 Å². The highest BCUT2D eigenvalue weighted by atomic mass is 127. The van der Waals surface area contributed by atoms with Gasteiger partial charge in [-0.1, -0.05) is 13.8 Å². The molecule has 0 unspecified atom stereocenters. The first-order chi connectivity index (χ1) is 5.34. The molecule has 0 aliphatic heterocycles. The van der Waals surface area contributed by atoms with Gasteiger partial charge in [-0.2, -0.15) is 0 Å².